The highest BCUT2D eigenvalue weighted by molar-refractivity contribution is 7.09. The van der Waals surface area contributed by atoms with Gasteiger partial charge in [-0.05, 0) is 45.1 Å². The molecule has 1 aromatic rings. The van der Waals surface area contributed by atoms with Gasteiger partial charge in [0, 0.05) is 43.7 Å². The third kappa shape index (κ3) is 3.97. The van der Waals surface area contributed by atoms with E-state index in [-0.39, 0.29) is 0 Å². The van der Waals surface area contributed by atoms with Gasteiger partial charge < -0.3 is 15.0 Å². The van der Waals surface area contributed by atoms with Crippen molar-refractivity contribution in [3.8, 4) is 0 Å². The molecule has 124 valence electrons. The van der Waals surface area contributed by atoms with Crippen LogP contribution in [0.1, 0.15) is 44.9 Å². The Hall–Kier alpha value is -0.720. The van der Waals surface area contributed by atoms with E-state index in [1.54, 1.807) is 7.11 Å². The molecule has 0 aromatic carbocycles. The van der Waals surface area contributed by atoms with Crippen LogP contribution >= 0.6 is 11.5 Å². The maximum atomic E-state index is 5.08. The summed E-state index contributed by atoms with van der Waals surface area (Å²) in [5.41, 5.74) is 0. The molecule has 22 heavy (non-hydrogen) atoms. The lowest BCUT2D eigenvalue weighted by Crippen LogP contribution is -2.48. The van der Waals surface area contributed by atoms with E-state index in [4.69, 9.17) is 4.74 Å². The Bertz CT molecular complexity index is 463. The van der Waals surface area contributed by atoms with Gasteiger partial charge in [0.05, 0.1) is 6.61 Å². The second kappa shape index (κ2) is 7.70. The highest BCUT2D eigenvalue weighted by Crippen LogP contribution is 2.30. The van der Waals surface area contributed by atoms with Crippen LogP contribution < -0.4 is 5.32 Å². The number of ether oxygens (including phenoxy) is 1. The number of nitrogens with one attached hydrogen (secondary N) is 1. The lowest BCUT2D eigenvalue weighted by Gasteiger charge is -2.43. The Morgan fingerprint density at radius 3 is 2.95 bits per heavy atom. The van der Waals surface area contributed by atoms with Crippen molar-refractivity contribution >= 4 is 16.7 Å². The van der Waals surface area contributed by atoms with Crippen LogP contribution in [0.3, 0.4) is 0 Å². The van der Waals surface area contributed by atoms with E-state index in [1.165, 1.54) is 56.7 Å². The van der Waals surface area contributed by atoms with E-state index in [2.05, 4.69) is 26.5 Å². The number of hydrogen-bond acceptors (Lipinski definition) is 6. The molecule has 1 N–H and O–H groups in total. The van der Waals surface area contributed by atoms with Crippen LogP contribution in [0.25, 0.3) is 0 Å². The van der Waals surface area contributed by atoms with Crippen LogP contribution in [0.2, 0.25) is 0 Å². The summed E-state index contributed by atoms with van der Waals surface area (Å²) in [5, 5.41) is 4.54. The van der Waals surface area contributed by atoms with Crippen LogP contribution in [0.15, 0.2) is 0 Å². The van der Waals surface area contributed by atoms with Gasteiger partial charge in [-0.15, -0.1) is 0 Å². The molecule has 2 atom stereocenters. The average molecular weight is 324 g/mol. The van der Waals surface area contributed by atoms with Crippen LogP contribution in [0.5, 0.6) is 0 Å². The zero-order valence-corrected chi connectivity index (χ0v) is 14.6. The fraction of sp³-hybridized carbons (Fsp3) is 0.875. The molecule has 6 heteroatoms. The smallest absolute Gasteiger partial charge is 0.202 e. The first-order valence-electron chi connectivity index (χ1n) is 8.58. The highest BCUT2D eigenvalue weighted by Gasteiger charge is 2.31. The van der Waals surface area contributed by atoms with Crippen molar-refractivity contribution in [1.29, 1.82) is 0 Å². The number of likely N-dealkylation sites (tertiary alicyclic amines) is 1. The van der Waals surface area contributed by atoms with Crippen molar-refractivity contribution < 1.29 is 4.74 Å². The van der Waals surface area contributed by atoms with Gasteiger partial charge in [-0.2, -0.15) is 4.37 Å². The number of anilines is 1. The van der Waals surface area contributed by atoms with Gasteiger partial charge in [0.15, 0.2) is 0 Å². The molecule has 1 aromatic heterocycles. The highest BCUT2D eigenvalue weighted by atomic mass is 32.1. The third-order valence-corrected chi connectivity index (χ3v) is 5.82. The van der Waals surface area contributed by atoms with Crippen LogP contribution in [0.4, 0.5) is 5.13 Å². The van der Waals surface area contributed by atoms with Crippen LogP contribution in [-0.4, -0.2) is 53.1 Å². The molecule has 0 bridgehead atoms. The van der Waals surface area contributed by atoms with Gasteiger partial charge in [0.25, 0.3) is 0 Å². The van der Waals surface area contributed by atoms with Crippen LogP contribution in [0, 0.1) is 5.92 Å². The molecule has 1 aliphatic carbocycles. The molecule has 2 unspecified atom stereocenters. The minimum Gasteiger partial charge on any atom is -0.384 e. The van der Waals surface area contributed by atoms with Crippen molar-refractivity contribution in [2.75, 3.05) is 32.1 Å². The zero-order valence-electron chi connectivity index (χ0n) is 13.8. The molecular weight excluding hydrogens is 296 g/mol. The molecule has 5 nitrogen and oxygen atoms in total. The predicted octanol–water partition coefficient (Wildman–Crippen LogP) is 2.79. The maximum absolute atomic E-state index is 5.08. The summed E-state index contributed by atoms with van der Waals surface area (Å²) < 4.78 is 9.48. The summed E-state index contributed by atoms with van der Waals surface area (Å²) in [5.74, 6) is 1.61. The van der Waals surface area contributed by atoms with Crippen molar-refractivity contribution in [3.63, 3.8) is 0 Å². The first-order chi connectivity index (χ1) is 10.8. The summed E-state index contributed by atoms with van der Waals surface area (Å²) in [6.07, 6.45) is 7.70. The molecule has 1 saturated heterocycles. The minimum atomic E-state index is 0.464. The number of piperidine rings is 1. The summed E-state index contributed by atoms with van der Waals surface area (Å²) in [4.78, 5) is 7.29. The van der Waals surface area contributed by atoms with Gasteiger partial charge in [0.2, 0.25) is 5.13 Å². The summed E-state index contributed by atoms with van der Waals surface area (Å²) in [6, 6.07) is 1.34. The van der Waals surface area contributed by atoms with Gasteiger partial charge >= 0.3 is 0 Å². The molecule has 2 aliphatic rings. The number of rotatable bonds is 7. The van der Waals surface area contributed by atoms with Crippen molar-refractivity contribution in [2.24, 2.45) is 5.92 Å². The molecule has 1 aliphatic heterocycles. The molecule has 0 spiro atoms. The quantitative estimate of drug-likeness (QED) is 0.836. The fourth-order valence-corrected chi connectivity index (χ4v) is 4.16. The molecular formula is C16H28N4OS. The SMILES string of the molecule is COCCc1nsc(NC(C)C2CCCN(C3CCC3)C2)n1. The number of methoxy groups -OCH3 is 1. The number of aromatic nitrogens is 2. The Morgan fingerprint density at radius 2 is 2.23 bits per heavy atom. The normalized spacial score (nSPS) is 24.9. The van der Waals surface area contributed by atoms with E-state index in [0.717, 1.165) is 29.3 Å². The van der Waals surface area contributed by atoms with Gasteiger partial charge in [-0.25, -0.2) is 4.98 Å². The zero-order chi connectivity index (χ0) is 15.4. The average Bonchev–Trinajstić information content (AvgIpc) is 2.91. The fourth-order valence-electron chi connectivity index (χ4n) is 3.45. The lowest BCUT2D eigenvalue weighted by atomic mass is 9.86. The topological polar surface area (TPSA) is 50.3 Å². The van der Waals surface area contributed by atoms with Crippen LogP contribution in [-0.2, 0) is 11.2 Å². The Morgan fingerprint density at radius 1 is 1.36 bits per heavy atom. The molecule has 2 heterocycles. The Balaban J connectivity index is 1.50. The van der Waals surface area contributed by atoms with E-state index >= 15 is 0 Å². The van der Waals surface area contributed by atoms with Crippen molar-refractivity contribution in [2.45, 2.75) is 57.5 Å². The number of nitrogens with zero attached hydrogens (tertiary/aromatic N) is 3. The van der Waals surface area contributed by atoms with Gasteiger partial charge in [0.1, 0.15) is 5.82 Å². The Kier molecular flexibility index (Phi) is 5.66. The molecule has 0 amide bonds. The summed E-state index contributed by atoms with van der Waals surface area (Å²) in [7, 11) is 1.71. The van der Waals surface area contributed by atoms with Gasteiger partial charge in [-0.1, -0.05) is 6.42 Å². The first-order valence-corrected chi connectivity index (χ1v) is 9.35. The van der Waals surface area contributed by atoms with E-state index in [0.29, 0.717) is 12.6 Å². The third-order valence-electron chi connectivity index (χ3n) is 5.14. The monoisotopic (exact) mass is 324 g/mol. The molecule has 1 saturated carbocycles. The summed E-state index contributed by atoms with van der Waals surface area (Å²) in [6.45, 7) is 5.53. The van der Waals surface area contributed by atoms with Crippen molar-refractivity contribution in [1.82, 2.24) is 14.3 Å². The van der Waals surface area contributed by atoms with E-state index in [1.807, 2.05) is 0 Å². The summed E-state index contributed by atoms with van der Waals surface area (Å²) >= 11 is 1.47. The minimum absolute atomic E-state index is 0.464. The first kappa shape index (κ1) is 16.1. The molecule has 2 fully saturated rings. The van der Waals surface area contributed by atoms with E-state index in [9.17, 15) is 0 Å². The molecule has 0 radical (unpaired) electrons. The largest absolute Gasteiger partial charge is 0.384 e. The second-order valence-electron chi connectivity index (χ2n) is 6.67. The predicted molar refractivity (Wildman–Crippen MR) is 90.5 cm³/mol. The van der Waals surface area contributed by atoms with Crippen molar-refractivity contribution in [3.05, 3.63) is 5.82 Å². The van der Waals surface area contributed by atoms with Gasteiger partial charge in [-0.3, -0.25) is 0 Å². The number of hydrogen-bond donors (Lipinski definition) is 1. The lowest BCUT2D eigenvalue weighted by molar-refractivity contribution is 0.0729. The Labute approximate surface area is 137 Å². The molecule has 3 rings (SSSR count). The van der Waals surface area contributed by atoms with E-state index < -0.39 is 0 Å². The second-order valence-corrected chi connectivity index (χ2v) is 7.43. The maximum Gasteiger partial charge on any atom is 0.202 e. The standard InChI is InChI=1S/C16H28N4OS/c1-12(17-16-18-15(19-22-16)8-10-21-2)13-5-4-9-20(11-13)14-6-3-7-14/h12-14H,3-11H2,1-2H3,(H,17,18,19).